The average molecular weight is 395 g/mol. The second-order valence-corrected chi connectivity index (χ2v) is 8.94. The van der Waals surface area contributed by atoms with Crippen molar-refractivity contribution < 1.29 is 4.48 Å². The van der Waals surface area contributed by atoms with Crippen LogP contribution in [0.25, 0.3) is 0 Å². The van der Waals surface area contributed by atoms with Gasteiger partial charge in [-0.05, 0) is 38.3 Å². The topological polar surface area (TPSA) is 39.9 Å². The van der Waals surface area contributed by atoms with Gasteiger partial charge < -0.3 is 19.7 Å². The monoisotopic (exact) mass is 394 g/mol. The summed E-state index contributed by atoms with van der Waals surface area (Å²) in [6.07, 6.45) is 25.8. The van der Waals surface area contributed by atoms with Gasteiger partial charge in [0.15, 0.2) is 0 Å². The van der Waals surface area contributed by atoms with E-state index in [0.717, 1.165) is 0 Å². The Morgan fingerprint density at radius 1 is 0.536 bits per heavy atom. The first kappa shape index (κ1) is 27.1. The quantitative estimate of drug-likeness (QED) is 0.203. The van der Waals surface area contributed by atoms with Crippen molar-refractivity contribution >= 4 is 0 Å². The summed E-state index contributed by atoms with van der Waals surface area (Å²) in [6, 6.07) is 0. The number of aromatic nitrogens is 3. The lowest BCUT2D eigenvalue weighted by molar-refractivity contribution is -0.890. The second-order valence-electron chi connectivity index (χ2n) is 8.94. The molecule has 1 heterocycles. The van der Waals surface area contributed by atoms with E-state index in [1.165, 1.54) is 133 Å². The van der Waals surface area contributed by atoms with Crippen molar-refractivity contribution in [1.82, 2.24) is 15.2 Å². The van der Waals surface area contributed by atoms with Crippen LogP contribution in [0.1, 0.15) is 117 Å². The molecule has 0 N–H and O–H groups in total. The van der Waals surface area contributed by atoms with Crippen molar-refractivity contribution in [3.8, 4) is 0 Å². The maximum atomic E-state index is 3.50. The first-order valence-electron chi connectivity index (χ1n) is 12.2. The van der Waals surface area contributed by atoms with E-state index >= 15 is 0 Å². The fraction of sp³-hybridized carbons (Fsp3) is 0.917. The first-order valence-corrected chi connectivity index (χ1v) is 12.2. The molecule has 0 aliphatic carbocycles. The Morgan fingerprint density at radius 2 is 0.857 bits per heavy atom. The molecular formula is C24H50N4. The average Bonchev–Trinajstić information content (AvgIpc) is 3.26. The van der Waals surface area contributed by atoms with Crippen LogP contribution in [0.2, 0.25) is 0 Å². The Balaban J connectivity index is 0.00000125. The maximum Gasteiger partial charge on any atom is 0.0782 e. The Labute approximate surface area is 176 Å². The molecule has 0 amide bonds. The predicted octanol–water partition coefficient (Wildman–Crippen LogP) is 6.78. The summed E-state index contributed by atoms with van der Waals surface area (Å²) in [5.74, 6) is 0. The maximum absolute atomic E-state index is 3.50. The van der Waals surface area contributed by atoms with Crippen LogP contribution in [-0.2, 0) is 0 Å². The molecule has 4 nitrogen and oxygen atoms in total. The molecule has 0 spiro atoms. The molecular weight excluding hydrogens is 344 g/mol. The van der Waals surface area contributed by atoms with E-state index in [1.54, 1.807) is 0 Å². The molecule has 1 aromatic rings. The summed E-state index contributed by atoms with van der Waals surface area (Å²) in [5.41, 5.74) is 0. The van der Waals surface area contributed by atoms with Gasteiger partial charge in [0.2, 0.25) is 0 Å². The van der Waals surface area contributed by atoms with E-state index in [4.69, 9.17) is 0 Å². The van der Waals surface area contributed by atoms with Crippen LogP contribution < -0.4 is 4.98 Å². The molecule has 1 rings (SSSR count). The highest BCUT2D eigenvalue weighted by Crippen LogP contribution is 2.13. The van der Waals surface area contributed by atoms with E-state index in [2.05, 4.69) is 43.1 Å². The second kappa shape index (κ2) is 20.8. The Morgan fingerprint density at radius 3 is 1.14 bits per heavy atom. The van der Waals surface area contributed by atoms with Gasteiger partial charge in [0.05, 0.1) is 27.2 Å². The lowest BCUT2D eigenvalue weighted by Gasteiger charge is -2.30. The van der Waals surface area contributed by atoms with E-state index in [9.17, 15) is 0 Å². The number of hydrogen-bond donors (Lipinski definition) is 0. The number of hydrogen-bond acceptors (Lipinski definition) is 2. The van der Waals surface area contributed by atoms with E-state index < -0.39 is 0 Å². The minimum absolute atomic E-state index is 1.24. The van der Waals surface area contributed by atoms with Gasteiger partial charge in [0, 0.05) is 0 Å². The minimum Gasteiger partial charge on any atom is -0.374 e. The standard InChI is InChI=1S/C22H48N.C2H2N3/c1-5-7-9-11-13-15-17-19-21-23(3,4)22-20-18-16-14-12-10-8-6-2;1-3-2-5-4-1/h5-22H2,1-4H3;1-2H/q+1;-1. The van der Waals surface area contributed by atoms with Gasteiger partial charge >= 0.3 is 0 Å². The van der Waals surface area contributed by atoms with Crippen molar-refractivity contribution in [3.05, 3.63) is 12.7 Å². The first-order chi connectivity index (χ1) is 13.6. The van der Waals surface area contributed by atoms with Crippen LogP contribution in [-0.4, -0.2) is 41.9 Å². The summed E-state index contributed by atoms with van der Waals surface area (Å²) in [5, 5.41) is 6.72. The van der Waals surface area contributed by atoms with Gasteiger partial charge in [-0.2, -0.15) is 0 Å². The van der Waals surface area contributed by atoms with Gasteiger partial charge in [-0.1, -0.05) is 90.9 Å². The molecule has 0 fully saturated rings. The smallest absolute Gasteiger partial charge is 0.0782 e. The zero-order valence-electron chi connectivity index (χ0n) is 19.7. The highest BCUT2D eigenvalue weighted by atomic mass is 15.3. The lowest BCUT2D eigenvalue weighted by Crippen LogP contribution is -2.41. The zero-order valence-corrected chi connectivity index (χ0v) is 19.7. The summed E-state index contributed by atoms with van der Waals surface area (Å²) in [7, 11) is 4.87. The van der Waals surface area contributed by atoms with Crippen LogP contribution >= 0.6 is 0 Å². The van der Waals surface area contributed by atoms with Crippen LogP contribution in [0.3, 0.4) is 0 Å². The van der Waals surface area contributed by atoms with Crippen LogP contribution in [0, 0.1) is 0 Å². The Hall–Kier alpha value is -0.900. The van der Waals surface area contributed by atoms with Crippen molar-refractivity contribution in [2.75, 3.05) is 27.2 Å². The van der Waals surface area contributed by atoms with Crippen LogP contribution in [0.4, 0.5) is 0 Å². The van der Waals surface area contributed by atoms with Gasteiger partial charge in [-0.3, -0.25) is 0 Å². The molecule has 0 atom stereocenters. The van der Waals surface area contributed by atoms with Gasteiger partial charge in [0.1, 0.15) is 0 Å². The van der Waals surface area contributed by atoms with Crippen molar-refractivity contribution in [2.24, 2.45) is 0 Å². The third-order valence-corrected chi connectivity index (χ3v) is 5.54. The third-order valence-electron chi connectivity index (χ3n) is 5.54. The molecule has 28 heavy (non-hydrogen) atoms. The summed E-state index contributed by atoms with van der Waals surface area (Å²) in [4.78, 5) is 3.50. The lowest BCUT2D eigenvalue weighted by atomic mass is 10.1. The predicted molar refractivity (Wildman–Crippen MR) is 122 cm³/mol. The third kappa shape index (κ3) is 21.4. The Bertz CT molecular complexity index is 337. The number of unbranched alkanes of at least 4 members (excludes halogenated alkanes) is 14. The molecule has 0 saturated heterocycles. The fourth-order valence-corrected chi connectivity index (χ4v) is 3.61. The SMILES string of the molecule is CCCCCCCCCC[N+](C)(C)CCCCCCCCCC.c1nnc[n-]1. The molecule has 166 valence electrons. The van der Waals surface area contributed by atoms with Gasteiger partial charge in [-0.15, -0.1) is 0 Å². The highest BCUT2D eigenvalue weighted by Gasteiger charge is 2.13. The van der Waals surface area contributed by atoms with E-state index in [-0.39, 0.29) is 0 Å². The van der Waals surface area contributed by atoms with Crippen molar-refractivity contribution in [3.63, 3.8) is 0 Å². The molecule has 0 aliphatic rings. The summed E-state index contributed by atoms with van der Waals surface area (Å²) < 4.78 is 1.24. The van der Waals surface area contributed by atoms with Crippen LogP contribution in [0.5, 0.6) is 0 Å². The molecule has 0 aliphatic heterocycles. The highest BCUT2D eigenvalue weighted by molar-refractivity contribution is 4.48. The summed E-state index contributed by atoms with van der Waals surface area (Å²) in [6.45, 7) is 7.36. The van der Waals surface area contributed by atoms with Crippen molar-refractivity contribution in [1.29, 1.82) is 0 Å². The van der Waals surface area contributed by atoms with E-state index in [1.807, 2.05) is 0 Å². The largest absolute Gasteiger partial charge is 0.374 e. The molecule has 1 aromatic heterocycles. The van der Waals surface area contributed by atoms with Crippen molar-refractivity contribution in [2.45, 2.75) is 117 Å². The Kier molecular flexibility index (Phi) is 20.2. The number of rotatable bonds is 18. The van der Waals surface area contributed by atoms with Gasteiger partial charge in [0.25, 0.3) is 0 Å². The van der Waals surface area contributed by atoms with Crippen LogP contribution in [0.15, 0.2) is 12.7 Å². The van der Waals surface area contributed by atoms with Gasteiger partial charge in [-0.25, -0.2) is 0 Å². The zero-order chi connectivity index (χ0) is 20.8. The molecule has 4 heteroatoms. The molecule has 0 saturated carbocycles. The minimum atomic E-state index is 1.24. The number of nitrogens with zero attached hydrogens (tertiary/aromatic N) is 4. The fourth-order valence-electron chi connectivity index (χ4n) is 3.61. The normalized spacial score (nSPS) is 11.3. The molecule has 0 bridgehead atoms. The number of quaternary nitrogens is 1. The summed E-state index contributed by atoms with van der Waals surface area (Å²) >= 11 is 0. The molecule has 0 radical (unpaired) electrons. The van der Waals surface area contributed by atoms with E-state index in [0.29, 0.717) is 0 Å². The molecule has 0 aromatic carbocycles. The molecule has 0 unspecified atom stereocenters.